The molecule has 0 amide bonds. The van der Waals surface area contributed by atoms with Gasteiger partial charge >= 0.3 is 0 Å². The van der Waals surface area contributed by atoms with Crippen molar-refractivity contribution >= 4 is 5.78 Å². The highest BCUT2D eigenvalue weighted by Crippen LogP contribution is 2.58. The average molecular weight is 286 g/mol. The van der Waals surface area contributed by atoms with Crippen LogP contribution >= 0.6 is 0 Å². The van der Waals surface area contributed by atoms with Crippen molar-refractivity contribution in [3.63, 3.8) is 0 Å². The number of aromatic hydroxyl groups is 1. The van der Waals surface area contributed by atoms with Gasteiger partial charge in [-0.25, -0.2) is 0 Å². The molecule has 0 aliphatic heterocycles. The second-order valence-electron chi connectivity index (χ2n) is 7.94. The van der Waals surface area contributed by atoms with Crippen LogP contribution in [0.25, 0.3) is 0 Å². The van der Waals surface area contributed by atoms with Crippen LogP contribution < -0.4 is 0 Å². The van der Waals surface area contributed by atoms with E-state index >= 15 is 0 Å². The van der Waals surface area contributed by atoms with Crippen molar-refractivity contribution in [2.24, 2.45) is 11.3 Å². The molecule has 0 radical (unpaired) electrons. The lowest BCUT2D eigenvalue weighted by molar-refractivity contribution is 0.0392. The minimum Gasteiger partial charge on any atom is -0.508 e. The van der Waals surface area contributed by atoms with E-state index in [2.05, 4.69) is 20.8 Å². The molecule has 1 aromatic carbocycles. The second kappa shape index (κ2) is 4.59. The second-order valence-corrected chi connectivity index (χ2v) is 7.94. The summed E-state index contributed by atoms with van der Waals surface area (Å²) >= 11 is 0. The van der Waals surface area contributed by atoms with Gasteiger partial charge in [0.2, 0.25) is 0 Å². The van der Waals surface area contributed by atoms with Crippen LogP contribution in [0.5, 0.6) is 5.75 Å². The molecule has 1 saturated carbocycles. The van der Waals surface area contributed by atoms with Gasteiger partial charge in [0, 0.05) is 11.1 Å². The van der Waals surface area contributed by atoms with Gasteiger partial charge in [-0.05, 0) is 67.1 Å². The van der Waals surface area contributed by atoms with Crippen LogP contribution in [0.15, 0.2) is 12.1 Å². The van der Waals surface area contributed by atoms with E-state index in [1.54, 1.807) is 13.0 Å². The number of aryl methyl sites for hydroxylation is 1. The Labute approximate surface area is 127 Å². The molecule has 1 N–H and O–H groups in total. The largest absolute Gasteiger partial charge is 0.508 e. The van der Waals surface area contributed by atoms with Gasteiger partial charge in [-0.15, -0.1) is 0 Å². The number of phenols is 1. The topological polar surface area (TPSA) is 37.3 Å². The Balaban J connectivity index is 2.16. The maximum absolute atomic E-state index is 11.6. The van der Waals surface area contributed by atoms with E-state index in [4.69, 9.17) is 0 Å². The Bertz CT molecular complexity index is 600. The molecule has 114 valence electrons. The number of rotatable bonds is 1. The molecule has 1 aromatic rings. The molecular weight excluding hydrogens is 260 g/mol. The summed E-state index contributed by atoms with van der Waals surface area (Å²) in [6, 6.07) is 3.69. The Morgan fingerprint density at radius 1 is 1.24 bits per heavy atom. The lowest BCUT2D eigenvalue weighted by Crippen LogP contribution is -2.47. The number of fused-ring (bicyclic) bond motifs is 3. The van der Waals surface area contributed by atoms with E-state index in [9.17, 15) is 9.90 Å². The minimum atomic E-state index is 0.0318. The Morgan fingerprint density at radius 2 is 1.95 bits per heavy atom. The third kappa shape index (κ3) is 2.11. The summed E-state index contributed by atoms with van der Waals surface area (Å²) < 4.78 is 0. The minimum absolute atomic E-state index is 0.0318. The number of Topliss-reactive ketones (excluding diaryl/α,β-unsaturated/α-hetero) is 1. The van der Waals surface area contributed by atoms with Crippen LogP contribution in [-0.4, -0.2) is 10.9 Å². The molecule has 2 nitrogen and oxygen atoms in total. The van der Waals surface area contributed by atoms with Gasteiger partial charge in [-0.2, -0.15) is 0 Å². The van der Waals surface area contributed by atoms with Crippen molar-refractivity contribution in [1.29, 1.82) is 0 Å². The standard InChI is InChI=1S/C19H26O2/c1-12(20)14-10-13-6-7-16-18(2,3)8-5-9-19(16,4)17(13)15(21)11-14/h10-11,16,21H,5-9H2,1-4H3/t16-,19-/m1/s1. The Kier molecular flexibility index (Phi) is 3.20. The van der Waals surface area contributed by atoms with Gasteiger partial charge in [0.05, 0.1) is 0 Å². The molecule has 0 bridgehead atoms. The summed E-state index contributed by atoms with van der Waals surface area (Å²) in [5.41, 5.74) is 3.34. The first-order chi connectivity index (χ1) is 9.75. The van der Waals surface area contributed by atoms with Crippen LogP contribution in [0.4, 0.5) is 0 Å². The maximum Gasteiger partial charge on any atom is 0.159 e. The van der Waals surface area contributed by atoms with Crippen molar-refractivity contribution in [1.82, 2.24) is 0 Å². The molecule has 0 unspecified atom stereocenters. The van der Waals surface area contributed by atoms with Crippen molar-refractivity contribution in [3.8, 4) is 5.75 Å². The molecule has 2 aliphatic rings. The summed E-state index contributed by atoms with van der Waals surface area (Å²) in [4.78, 5) is 11.6. The number of ketones is 1. The zero-order chi connectivity index (χ0) is 15.4. The lowest BCUT2D eigenvalue weighted by atomic mass is 9.50. The van der Waals surface area contributed by atoms with Crippen molar-refractivity contribution in [3.05, 3.63) is 28.8 Å². The van der Waals surface area contributed by atoms with Crippen LogP contribution in [-0.2, 0) is 11.8 Å². The summed E-state index contributed by atoms with van der Waals surface area (Å²) in [7, 11) is 0. The van der Waals surface area contributed by atoms with E-state index in [0.717, 1.165) is 24.8 Å². The summed E-state index contributed by atoms with van der Waals surface area (Å²) in [5.74, 6) is 0.979. The Hall–Kier alpha value is -1.31. The smallest absolute Gasteiger partial charge is 0.159 e. The molecule has 0 saturated heterocycles. The molecule has 21 heavy (non-hydrogen) atoms. The molecule has 2 heteroatoms. The van der Waals surface area contributed by atoms with E-state index in [1.165, 1.54) is 18.4 Å². The van der Waals surface area contributed by atoms with Crippen LogP contribution in [0, 0.1) is 11.3 Å². The molecule has 3 rings (SSSR count). The Morgan fingerprint density at radius 3 is 2.62 bits per heavy atom. The first-order valence-corrected chi connectivity index (χ1v) is 8.13. The number of phenolic OH excluding ortho intramolecular Hbond substituents is 1. The van der Waals surface area contributed by atoms with E-state index in [0.29, 0.717) is 22.6 Å². The zero-order valence-corrected chi connectivity index (χ0v) is 13.6. The fraction of sp³-hybridized carbons (Fsp3) is 0.632. The maximum atomic E-state index is 11.6. The molecule has 0 aromatic heterocycles. The molecule has 2 aliphatic carbocycles. The van der Waals surface area contributed by atoms with E-state index < -0.39 is 0 Å². The fourth-order valence-corrected chi connectivity index (χ4v) is 5.18. The fourth-order valence-electron chi connectivity index (χ4n) is 5.18. The van der Waals surface area contributed by atoms with Gasteiger partial charge < -0.3 is 5.11 Å². The normalized spacial score (nSPS) is 30.4. The average Bonchev–Trinajstić information content (AvgIpc) is 2.36. The van der Waals surface area contributed by atoms with Crippen molar-refractivity contribution in [2.45, 2.75) is 65.2 Å². The first kappa shape index (κ1) is 14.6. The molecule has 2 atom stereocenters. The van der Waals surface area contributed by atoms with Crippen molar-refractivity contribution < 1.29 is 9.90 Å². The van der Waals surface area contributed by atoms with Gasteiger partial charge in [-0.3, -0.25) is 4.79 Å². The van der Waals surface area contributed by atoms with Gasteiger partial charge in [0.25, 0.3) is 0 Å². The molecule has 1 fully saturated rings. The predicted molar refractivity (Wildman–Crippen MR) is 84.9 cm³/mol. The van der Waals surface area contributed by atoms with E-state index in [-0.39, 0.29) is 11.2 Å². The molecule has 0 heterocycles. The SMILES string of the molecule is CC(=O)c1cc(O)c2c(c1)CC[C@@H]1C(C)(C)CCC[C@@]21C. The zero-order valence-electron chi connectivity index (χ0n) is 13.6. The van der Waals surface area contributed by atoms with Gasteiger partial charge in [0.1, 0.15) is 5.75 Å². The quantitative estimate of drug-likeness (QED) is 0.764. The van der Waals surface area contributed by atoms with Crippen LogP contribution in [0.3, 0.4) is 0 Å². The summed E-state index contributed by atoms with van der Waals surface area (Å²) in [6.45, 7) is 8.64. The van der Waals surface area contributed by atoms with Gasteiger partial charge in [0.15, 0.2) is 5.78 Å². The highest BCUT2D eigenvalue weighted by molar-refractivity contribution is 5.95. The molecular formula is C19H26O2. The van der Waals surface area contributed by atoms with Gasteiger partial charge in [-0.1, -0.05) is 27.2 Å². The number of hydrogen-bond acceptors (Lipinski definition) is 2. The number of hydrogen-bond donors (Lipinski definition) is 1. The van der Waals surface area contributed by atoms with Crippen molar-refractivity contribution in [2.75, 3.05) is 0 Å². The monoisotopic (exact) mass is 286 g/mol. The number of carbonyl (C=O) groups excluding carboxylic acids is 1. The molecule has 0 spiro atoms. The first-order valence-electron chi connectivity index (χ1n) is 8.13. The third-order valence-corrected chi connectivity index (χ3v) is 6.11. The highest BCUT2D eigenvalue weighted by atomic mass is 16.3. The highest BCUT2D eigenvalue weighted by Gasteiger charge is 2.50. The van der Waals surface area contributed by atoms with Crippen LogP contribution in [0.2, 0.25) is 0 Å². The van der Waals surface area contributed by atoms with E-state index in [1.807, 2.05) is 6.07 Å². The lowest BCUT2D eigenvalue weighted by Gasteiger charge is -2.54. The number of carbonyl (C=O) groups is 1. The summed E-state index contributed by atoms with van der Waals surface area (Å²) in [5, 5.41) is 10.6. The number of benzene rings is 1. The summed E-state index contributed by atoms with van der Waals surface area (Å²) in [6.07, 6.45) is 5.77. The van der Waals surface area contributed by atoms with Crippen LogP contribution in [0.1, 0.15) is 74.9 Å². The predicted octanol–water partition coefficient (Wildman–Crippen LogP) is 4.63. The third-order valence-electron chi connectivity index (χ3n) is 6.11.